The van der Waals surface area contributed by atoms with E-state index in [4.69, 9.17) is 37.5 Å². The molecule has 0 saturated carbocycles. The SMILES string of the molecule is CCOc1ccc(/C=N\OCC(=O)Nc2cc(Cl)cc(Cl)c2)cc1OC. The standard InChI is InChI=1S/C18H18Cl2N2O4/c1-3-25-16-5-4-12(6-17(16)24-2)10-21-26-11-18(23)22-15-8-13(19)7-14(20)9-15/h4-10H,3,11H2,1-2H3,(H,22,23)/b21-10-. The van der Waals surface area contributed by atoms with E-state index in [0.29, 0.717) is 33.8 Å². The lowest BCUT2D eigenvalue weighted by molar-refractivity contribution is -0.120. The molecule has 1 N–H and O–H groups in total. The van der Waals surface area contributed by atoms with Crippen molar-refractivity contribution >= 4 is 41.0 Å². The number of rotatable bonds is 8. The van der Waals surface area contributed by atoms with Crippen molar-refractivity contribution in [3.05, 3.63) is 52.0 Å². The average Bonchev–Trinajstić information content (AvgIpc) is 2.59. The lowest BCUT2D eigenvalue weighted by atomic mass is 10.2. The van der Waals surface area contributed by atoms with Crippen LogP contribution in [0.5, 0.6) is 11.5 Å². The van der Waals surface area contributed by atoms with Crippen molar-refractivity contribution in [2.75, 3.05) is 25.6 Å². The number of methoxy groups -OCH3 is 1. The molecule has 0 heterocycles. The first-order valence-corrected chi connectivity index (χ1v) is 8.49. The molecule has 0 aliphatic rings. The zero-order valence-corrected chi connectivity index (χ0v) is 15.8. The largest absolute Gasteiger partial charge is 0.493 e. The van der Waals surface area contributed by atoms with Crippen LogP contribution >= 0.6 is 23.2 Å². The summed E-state index contributed by atoms with van der Waals surface area (Å²) in [5.41, 5.74) is 1.23. The van der Waals surface area contributed by atoms with Gasteiger partial charge >= 0.3 is 0 Å². The molecular weight excluding hydrogens is 379 g/mol. The first kappa shape index (κ1) is 19.9. The maximum Gasteiger partial charge on any atom is 0.265 e. The fraction of sp³-hybridized carbons (Fsp3) is 0.222. The Hall–Kier alpha value is -2.44. The van der Waals surface area contributed by atoms with Crippen molar-refractivity contribution < 1.29 is 19.1 Å². The zero-order chi connectivity index (χ0) is 18.9. The van der Waals surface area contributed by atoms with Gasteiger partial charge in [0.15, 0.2) is 18.1 Å². The molecular formula is C18H18Cl2N2O4. The Morgan fingerprint density at radius 1 is 1.15 bits per heavy atom. The van der Waals surface area contributed by atoms with Gasteiger partial charge in [0.1, 0.15) is 0 Å². The molecule has 0 unspecified atom stereocenters. The number of benzene rings is 2. The zero-order valence-electron chi connectivity index (χ0n) is 14.3. The lowest BCUT2D eigenvalue weighted by Crippen LogP contribution is -2.16. The van der Waals surface area contributed by atoms with Crippen LogP contribution in [0.25, 0.3) is 0 Å². The van der Waals surface area contributed by atoms with Crippen LogP contribution in [-0.4, -0.2) is 32.4 Å². The highest BCUT2D eigenvalue weighted by molar-refractivity contribution is 6.35. The molecule has 0 radical (unpaired) electrons. The average molecular weight is 397 g/mol. The summed E-state index contributed by atoms with van der Waals surface area (Å²) in [4.78, 5) is 16.8. The minimum absolute atomic E-state index is 0.255. The van der Waals surface area contributed by atoms with Gasteiger partial charge in [-0.05, 0) is 43.3 Å². The summed E-state index contributed by atoms with van der Waals surface area (Å²) in [6.45, 7) is 2.18. The first-order chi connectivity index (χ1) is 12.5. The van der Waals surface area contributed by atoms with Gasteiger partial charge in [-0.25, -0.2) is 0 Å². The second-order valence-corrected chi connectivity index (χ2v) is 5.93. The van der Waals surface area contributed by atoms with Gasteiger partial charge in [0, 0.05) is 21.3 Å². The molecule has 0 atom stereocenters. The van der Waals surface area contributed by atoms with E-state index in [1.807, 2.05) is 6.92 Å². The number of halogens is 2. The molecule has 0 aliphatic carbocycles. The molecule has 1 amide bonds. The highest BCUT2D eigenvalue weighted by Crippen LogP contribution is 2.27. The van der Waals surface area contributed by atoms with Crippen molar-refractivity contribution in [2.24, 2.45) is 5.16 Å². The van der Waals surface area contributed by atoms with Crippen LogP contribution in [0.3, 0.4) is 0 Å². The highest BCUT2D eigenvalue weighted by Gasteiger charge is 2.06. The summed E-state index contributed by atoms with van der Waals surface area (Å²) in [5, 5.41) is 7.25. The number of oxime groups is 1. The van der Waals surface area contributed by atoms with Crippen molar-refractivity contribution in [1.82, 2.24) is 0 Å². The predicted molar refractivity (Wildman–Crippen MR) is 103 cm³/mol. The number of anilines is 1. The molecule has 0 aliphatic heterocycles. The third-order valence-corrected chi connectivity index (χ3v) is 3.54. The minimum Gasteiger partial charge on any atom is -0.493 e. The van der Waals surface area contributed by atoms with Gasteiger partial charge in [-0.1, -0.05) is 28.4 Å². The van der Waals surface area contributed by atoms with E-state index < -0.39 is 0 Å². The molecule has 0 bridgehead atoms. The highest BCUT2D eigenvalue weighted by atomic mass is 35.5. The van der Waals surface area contributed by atoms with Crippen LogP contribution in [0.4, 0.5) is 5.69 Å². The summed E-state index contributed by atoms with van der Waals surface area (Å²) in [6.07, 6.45) is 1.47. The molecule has 2 aromatic rings. The summed E-state index contributed by atoms with van der Waals surface area (Å²) < 4.78 is 10.7. The second-order valence-electron chi connectivity index (χ2n) is 5.06. The van der Waals surface area contributed by atoms with Gasteiger partial charge in [0.2, 0.25) is 0 Å². The summed E-state index contributed by atoms with van der Waals surface area (Å²) in [6, 6.07) is 10.1. The number of nitrogens with one attached hydrogen (secondary N) is 1. The molecule has 138 valence electrons. The summed E-state index contributed by atoms with van der Waals surface area (Å²) >= 11 is 11.7. The molecule has 0 spiro atoms. The molecule has 8 heteroatoms. The van der Waals surface area contributed by atoms with Crippen molar-refractivity contribution in [3.63, 3.8) is 0 Å². The number of nitrogens with zero attached hydrogens (tertiary/aromatic N) is 1. The van der Waals surface area contributed by atoms with Crippen LogP contribution < -0.4 is 14.8 Å². The number of hydrogen-bond donors (Lipinski definition) is 1. The van der Waals surface area contributed by atoms with E-state index in [-0.39, 0.29) is 12.5 Å². The monoisotopic (exact) mass is 396 g/mol. The van der Waals surface area contributed by atoms with E-state index in [2.05, 4.69) is 10.5 Å². The number of ether oxygens (including phenoxy) is 2. The van der Waals surface area contributed by atoms with Gasteiger partial charge in [0.25, 0.3) is 5.91 Å². The normalized spacial score (nSPS) is 10.6. The number of carbonyl (C=O) groups excluding carboxylic acids is 1. The van der Waals surface area contributed by atoms with Gasteiger partial charge in [0.05, 0.1) is 19.9 Å². The van der Waals surface area contributed by atoms with Gasteiger partial charge < -0.3 is 19.6 Å². The Morgan fingerprint density at radius 3 is 2.54 bits per heavy atom. The Morgan fingerprint density at radius 2 is 1.88 bits per heavy atom. The number of amides is 1. The second kappa shape index (κ2) is 9.89. The van der Waals surface area contributed by atoms with Crippen molar-refractivity contribution in [2.45, 2.75) is 6.92 Å². The van der Waals surface area contributed by atoms with E-state index in [1.54, 1.807) is 43.5 Å². The molecule has 2 rings (SSSR count). The summed E-state index contributed by atoms with van der Waals surface area (Å²) in [7, 11) is 1.56. The third kappa shape index (κ3) is 6.13. The quantitative estimate of drug-likeness (QED) is 0.530. The maximum absolute atomic E-state index is 11.8. The van der Waals surface area contributed by atoms with Crippen molar-refractivity contribution in [1.29, 1.82) is 0 Å². The lowest BCUT2D eigenvalue weighted by Gasteiger charge is -2.09. The minimum atomic E-state index is -0.384. The molecule has 0 aromatic heterocycles. The molecule has 0 saturated heterocycles. The Balaban J connectivity index is 1.87. The van der Waals surface area contributed by atoms with Crippen molar-refractivity contribution in [3.8, 4) is 11.5 Å². The molecule has 0 fully saturated rings. The topological polar surface area (TPSA) is 69.2 Å². The van der Waals surface area contributed by atoms with Gasteiger partial charge in [-0.2, -0.15) is 0 Å². The smallest absolute Gasteiger partial charge is 0.265 e. The Labute approximate surface area is 161 Å². The van der Waals surface area contributed by atoms with E-state index in [9.17, 15) is 4.79 Å². The van der Waals surface area contributed by atoms with Crippen LogP contribution in [0, 0.1) is 0 Å². The van der Waals surface area contributed by atoms with Gasteiger partial charge in [-0.15, -0.1) is 0 Å². The summed E-state index contributed by atoms with van der Waals surface area (Å²) in [5.74, 6) is 0.851. The van der Waals surface area contributed by atoms with E-state index in [1.165, 1.54) is 6.21 Å². The Kier molecular flexibility index (Phi) is 7.56. The predicted octanol–water partition coefficient (Wildman–Crippen LogP) is 4.39. The van der Waals surface area contributed by atoms with Crippen LogP contribution in [0.15, 0.2) is 41.6 Å². The fourth-order valence-corrected chi connectivity index (χ4v) is 2.58. The fourth-order valence-electron chi connectivity index (χ4n) is 2.06. The van der Waals surface area contributed by atoms with Crippen LogP contribution in [0.2, 0.25) is 10.0 Å². The van der Waals surface area contributed by atoms with E-state index in [0.717, 1.165) is 5.56 Å². The molecule has 6 nitrogen and oxygen atoms in total. The number of hydrogen-bond acceptors (Lipinski definition) is 5. The molecule has 26 heavy (non-hydrogen) atoms. The van der Waals surface area contributed by atoms with Crippen LogP contribution in [-0.2, 0) is 9.63 Å². The van der Waals surface area contributed by atoms with Crippen LogP contribution in [0.1, 0.15) is 12.5 Å². The van der Waals surface area contributed by atoms with Gasteiger partial charge in [-0.3, -0.25) is 4.79 Å². The number of carbonyl (C=O) groups is 1. The molecule has 2 aromatic carbocycles. The maximum atomic E-state index is 11.8. The van der Waals surface area contributed by atoms with E-state index >= 15 is 0 Å². The third-order valence-electron chi connectivity index (χ3n) is 3.11. The first-order valence-electron chi connectivity index (χ1n) is 7.74. The Bertz CT molecular complexity index is 777.